The maximum atomic E-state index is 11.1. The molecule has 0 aromatic heterocycles. The Morgan fingerprint density at radius 2 is 2.17 bits per heavy atom. The maximum absolute atomic E-state index is 11.1. The number of thioether (sulfide) groups is 1. The summed E-state index contributed by atoms with van der Waals surface area (Å²) >= 11 is 1.55. The number of rotatable bonds is 0. The van der Waals surface area contributed by atoms with Crippen LogP contribution in [0.2, 0.25) is 0 Å². The first-order valence-electron chi connectivity index (χ1n) is 3.75. The molecule has 1 heterocycles. The molecule has 1 aromatic carbocycles. The zero-order chi connectivity index (χ0) is 8.55. The predicted molar refractivity (Wildman–Crippen MR) is 47.4 cm³/mol. The average Bonchev–Trinajstić information content (AvgIpc) is 2.07. The Bertz CT molecular complexity index is 322. The van der Waals surface area contributed by atoms with E-state index in [9.17, 15) is 4.79 Å². The van der Waals surface area contributed by atoms with Crippen LogP contribution < -0.4 is 4.74 Å². The number of benzene rings is 1. The van der Waals surface area contributed by atoms with E-state index in [1.807, 2.05) is 31.2 Å². The number of esters is 1. The van der Waals surface area contributed by atoms with Gasteiger partial charge in [0.25, 0.3) is 0 Å². The molecule has 12 heavy (non-hydrogen) atoms. The largest absolute Gasteiger partial charge is 0.425 e. The molecule has 0 radical (unpaired) electrons. The highest BCUT2D eigenvalue weighted by Crippen LogP contribution is 2.36. The Balaban J connectivity index is 2.40. The summed E-state index contributed by atoms with van der Waals surface area (Å²) in [6.07, 6.45) is 0. The molecule has 1 aliphatic heterocycles. The highest BCUT2D eigenvalue weighted by Gasteiger charge is 2.24. The average molecular weight is 180 g/mol. The first-order valence-corrected chi connectivity index (χ1v) is 4.63. The van der Waals surface area contributed by atoms with Crippen molar-refractivity contribution in [2.45, 2.75) is 17.1 Å². The molecule has 62 valence electrons. The molecule has 1 aromatic rings. The predicted octanol–water partition coefficient (Wildman–Crippen LogP) is 2.09. The molecule has 0 N–H and O–H groups in total. The first-order chi connectivity index (χ1) is 5.77. The minimum absolute atomic E-state index is 0.0834. The third kappa shape index (κ3) is 1.20. The molecule has 0 aliphatic carbocycles. The lowest BCUT2D eigenvalue weighted by molar-refractivity contribution is -0.133. The Labute approximate surface area is 74.9 Å². The lowest BCUT2D eigenvalue weighted by Crippen LogP contribution is -2.23. The van der Waals surface area contributed by atoms with Gasteiger partial charge in [0.05, 0.1) is 4.90 Å². The van der Waals surface area contributed by atoms with Crippen LogP contribution in [0.25, 0.3) is 0 Å². The molecule has 0 spiro atoms. The first kappa shape index (κ1) is 7.68. The van der Waals surface area contributed by atoms with E-state index in [1.54, 1.807) is 11.8 Å². The molecule has 0 saturated carbocycles. The van der Waals surface area contributed by atoms with Gasteiger partial charge in [-0.25, -0.2) is 0 Å². The Morgan fingerprint density at radius 1 is 1.42 bits per heavy atom. The van der Waals surface area contributed by atoms with E-state index in [0.717, 1.165) is 4.90 Å². The second-order valence-electron chi connectivity index (χ2n) is 2.63. The van der Waals surface area contributed by atoms with Crippen LogP contribution >= 0.6 is 11.8 Å². The molecule has 0 amide bonds. The molecule has 3 heteroatoms. The van der Waals surface area contributed by atoms with E-state index in [2.05, 4.69) is 0 Å². The molecular formula is C9H8O2S. The molecule has 0 saturated heterocycles. The summed E-state index contributed by atoms with van der Waals surface area (Å²) in [6, 6.07) is 7.58. The summed E-state index contributed by atoms with van der Waals surface area (Å²) in [5.41, 5.74) is 0. The topological polar surface area (TPSA) is 26.3 Å². The van der Waals surface area contributed by atoms with Gasteiger partial charge in [-0.05, 0) is 19.1 Å². The van der Waals surface area contributed by atoms with Gasteiger partial charge >= 0.3 is 5.97 Å². The van der Waals surface area contributed by atoms with Crippen molar-refractivity contribution in [2.75, 3.05) is 0 Å². The van der Waals surface area contributed by atoms with E-state index in [-0.39, 0.29) is 11.2 Å². The van der Waals surface area contributed by atoms with E-state index in [4.69, 9.17) is 4.74 Å². The summed E-state index contributed by atoms with van der Waals surface area (Å²) in [5.74, 6) is 0.532. The maximum Gasteiger partial charge on any atom is 0.324 e. The van der Waals surface area contributed by atoms with Crippen molar-refractivity contribution in [1.29, 1.82) is 0 Å². The van der Waals surface area contributed by atoms with E-state index >= 15 is 0 Å². The molecule has 1 aliphatic rings. The molecule has 1 unspecified atom stereocenters. The highest BCUT2D eigenvalue weighted by molar-refractivity contribution is 8.00. The summed E-state index contributed by atoms with van der Waals surface area (Å²) in [6.45, 7) is 1.85. The van der Waals surface area contributed by atoms with Gasteiger partial charge in [0.1, 0.15) is 11.0 Å². The van der Waals surface area contributed by atoms with Crippen molar-refractivity contribution >= 4 is 17.7 Å². The number of carbonyl (C=O) groups is 1. The second-order valence-corrected chi connectivity index (χ2v) is 4.01. The van der Waals surface area contributed by atoms with Gasteiger partial charge in [-0.15, -0.1) is 11.8 Å². The number of hydrogen-bond donors (Lipinski definition) is 0. The van der Waals surface area contributed by atoms with Crippen LogP contribution in [0.1, 0.15) is 6.92 Å². The fourth-order valence-electron chi connectivity index (χ4n) is 1.06. The Morgan fingerprint density at radius 3 is 3.00 bits per heavy atom. The van der Waals surface area contributed by atoms with Crippen LogP contribution in [0.3, 0.4) is 0 Å². The molecule has 2 rings (SSSR count). The minimum atomic E-state index is -0.154. The smallest absolute Gasteiger partial charge is 0.324 e. The van der Waals surface area contributed by atoms with Crippen LogP contribution in [-0.2, 0) is 4.79 Å². The van der Waals surface area contributed by atoms with Crippen molar-refractivity contribution in [3.8, 4) is 5.75 Å². The highest BCUT2D eigenvalue weighted by atomic mass is 32.2. The lowest BCUT2D eigenvalue weighted by atomic mass is 10.3. The number of hydrogen-bond acceptors (Lipinski definition) is 3. The summed E-state index contributed by atoms with van der Waals surface area (Å²) in [4.78, 5) is 12.2. The van der Waals surface area contributed by atoms with Crippen LogP contribution in [0.15, 0.2) is 29.2 Å². The van der Waals surface area contributed by atoms with E-state index < -0.39 is 0 Å². The Hall–Kier alpha value is -0.960. The number of carbonyl (C=O) groups excluding carboxylic acids is 1. The molecule has 1 atom stereocenters. The van der Waals surface area contributed by atoms with Gasteiger partial charge in [-0.1, -0.05) is 12.1 Å². The van der Waals surface area contributed by atoms with Crippen LogP contribution in [0, 0.1) is 0 Å². The van der Waals surface area contributed by atoms with Gasteiger partial charge < -0.3 is 4.74 Å². The quantitative estimate of drug-likeness (QED) is 0.451. The zero-order valence-corrected chi connectivity index (χ0v) is 7.43. The van der Waals surface area contributed by atoms with Crippen molar-refractivity contribution in [3.63, 3.8) is 0 Å². The third-order valence-electron chi connectivity index (χ3n) is 1.70. The molecule has 0 fully saturated rings. The van der Waals surface area contributed by atoms with Crippen LogP contribution in [-0.4, -0.2) is 11.2 Å². The summed E-state index contributed by atoms with van der Waals surface area (Å²) in [5, 5.41) is -0.0834. The van der Waals surface area contributed by atoms with E-state index in [0.29, 0.717) is 5.75 Å². The van der Waals surface area contributed by atoms with Gasteiger partial charge in [-0.3, -0.25) is 4.79 Å². The van der Waals surface area contributed by atoms with E-state index in [1.165, 1.54) is 0 Å². The normalized spacial score (nSPS) is 21.4. The molecule has 2 nitrogen and oxygen atoms in total. The molecule has 0 bridgehead atoms. The summed E-state index contributed by atoms with van der Waals surface area (Å²) < 4.78 is 5.08. The van der Waals surface area contributed by atoms with Gasteiger partial charge in [0, 0.05) is 0 Å². The van der Waals surface area contributed by atoms with Crippen LogP contribution in [0.4, 0.5) is 0 Å². The number of para-hydroxylation sites is 1. The monoisotopic (exact) mass is 180 g/mol. The van der Waals surface area contributed by atoms with Crippen molar-refractivity contribution in [1.82, 2.24) is 0 Å². The zero-order valence-electron chi connectivity index (χ0n) is 6.61. The molecular weight excluding hydrogens is 172 g/mol. The third-order valence-corrected chi connectivity index (χ3v) is 2.83. The fraction of sp³-hybridized carbons (Fsp3) is 0.222. The SMILES string of the molecule is CC1Sc2ccccc2OC1=O. The van der Waals surface area contributed by atoms with Crippen molar-refractivity contribution < 1.29 is 9.53 Å². The van der Waals surface area contributed by atoms with Gasteiger partial charge in [0.15, 0.2) is 0 Å². The second kappa shape index (κ2) is 2.83. The fourth-order valence-corrected chi connectivity index (χ4v) is 1.97. The van der Waals surface area contributed by atoms with Gasteiger partial charge in [0.2, 0.25) is 0 Å². The minimum Gasteiger partial charge on any atom is -0.425 e. The van der Waals surface area contributed by atoms with Crippen molar-refractivity contribution in [3.05, 3.63) is 24.3 Å². The standard InChI is InChI=1S/C9H8O2S/c1-6-9(10)11-7-4-2-3-5-8(7)12-6/h2-6H,1H3. The van der Waals surface area contributed by atoms with Crippen molar-refractivity contribution in [2.24, 2.45) is 0 Å². The summed E-state index contributed by atoms with van der Waals surface area (Å²) in [7, 11) is 0. The van der Waals surface area contributed by atoms with Crippen LogP contribution in [0.5, 0.6) is 5.75 Å². The Kier molecular flexibility index (Phi) is 1.81. The lowest BCUT2D eigenvalue weighted by Gasteiger charge is -2.19. The van der Waals surface area contributed by atoms with Gasteiger partial charge in [-0.2, -0.15) is 0 Å². The number of ether oxygens (including phenoxy) is 1. The number of fused-ring (bicyclic) bond motifs is 1.